The van der Waals surface area contributed by atoms with E-state index in [9.17, 15) is 0 Å². The number of benzene rings is 1. The molecule has 0 atom stereocenters. The highest BCUT2D eigenvalue weighted by Gasteiger charge is 2.25. The van der Waals surface area contributed by atoms with Gasteiger partial charge in [-0.2, -0.15) is 0 Å². The number of hydrogen-bond acceptors (Lipinski definition) is 3. The maximum absolute atomic E-state index is 9.12. The number of aliphatic hydroxyl groups is 1. The van der Waals surface area contributed by atoms with Crippen LogP contribution in [0.4, 0.5) is 5.69 Å². The summed E-state index contributed by atoms with van der Waals surface area (Å²) in [4.78, 5) is 2.16. The van der Waals surface area contributed by atoms with Crippen LogP contribution in [0.15, 0.2) is 18.2 Å². The number of aliphatic hydroxyl groups excluding tert-OH is 1. The summed E-state index contributed by atoms with van der Waals surface area (Å²) in [5.74, 6) is 0.865. The maximum Gasteiger partial charge on any atom is 0.142 e. The molecule has 17 heavy (non-hydrogen) atoms. The van der Waals surface area contributed by atoms with Gasteiger partial charge in [-0.05, 0) is 44.9 Å². The Hall–Kier alpha value is -1.22. The number of aryl methyl sites for hydroxylation is 1. The van der Waals surface area contributed by atoms with Gasteiger partial charge in [-0.25, -0.2) is 0 Å². The van der Waals surface area contributed by atoms with Crippen LogP contribution in [0.1, 0.15) is 25.8 Å². The van der Waals surface area contributed by atoms with Gasteiger partial charge in [0, 0.05) is 19.2 Å². The number of anilines is 1. The van der Waals surface area contributed by atoms with E-state index in [0.29, 0.717) is 0 Å². The summed E-state index contributed by atoms with van der Waals surface area (Å²) in [5, 5.41) is 9.12. The van der Waals surface area contributed by atoms with Crippen molar-refractivity contribution in [2.45, 2.75) is 32.7 Å². The van der Waals surface area contributed by atoms with E-state index >= 15 is 0 Å². The first kappa shape index (κ1) is 13.8. The highest BCUT2D eigenvalue weighted by atomic mass is 16.5. The standard InChI is InChI=1S/C14H23NO2/c1-11-6-7-13(17-5)12(10-11)15(4)14(2,3)8-9-16/h6-7,10,16H,8-9H2,1-5H3. The molecule has 0 bridgehead atoms. The summed E-state index contributed by atoms with van der Waals surface area (Å²) in [6.45, 7) is 6.48. The van der Waals surface area contributed by atoms with Crippen LogP contribution in [0.2, 0.25) is 0 Å². The molecule has 0 aliphatic carbocycles. The molecular weight excluding hydrogens is 214 g/mol. The van der Waals surface area contributed by atoms with Crippen molar-refractivity contribution in [2.24, 2.45) is 0 Å². The topological polar surface area (TPSA) is 32.7 Å². The largest absolute Gasteiger partial charge is 0.495 e. The summed E-state index contributed by atoms with van der Waals surface area (Å²) >= 11 is 0. The van der Waals surface area contributed by atoms with Gasteiger partial charge >= 0.3 is 0 Å². The number of nitrogens with zero attached hydrogens (tertiary/aromatic N) is 1. The van der Waals surface area contributed by atoms with Crippen molar-refractivity contribution in [1.29, 1.82) is 0 Å². The minimum absolute atomic E-state index is 0.101. The Kier molecular flexibility index (Phi) is 4.40. The monoisotopic (exact) mass is 237 g/mol. The number of rotatable bonds is 5. The lowest BCUT2D eigenvalue weighted by Gasteiger charge is -2.38. The Morgan fingerprint density at radius 2 is 2.00 bits per heavy atom. The summed E-state index contributed by atoms with van der Waals surface area (Å²) in [5.41, 5.74) is 2.16. The fourth-order valence-corrected chi connectivity index (χ4v) is 1.83. The molecule has 1 rings (SSSR count). The first-order valence-electron chi connectivity index (χ1n) is 5.91. The third-order valence-corrected chi connectivity index (χ3v) is 3.33. The zero-order valence-corrected chi connectivity index (χ0v) is 11.4. The lowest BCUT2D eigenvalue weighted by molar-refractivity contribution is 0.250. The second-order valence-electron chi connectivity index (χ2n) is 5.02. The number of methoxy groups -OCH3 is 1. The molecule has 3 nitrogen and oxygen atoms in total. The van der Waals surface area contributed by atoms with Gasteiger partial charge in [0.05, 0.1) is 12.8 Å². The quantitative estimate of drug-likeness (QED) is 0.854. The van der Waals surface area contributed by atoms with E-state index < -0.39 is 0 Å². The Bertz CT molecular complexity index is 374. The van der Waals surface area contributed by atoms with Crippen LogP contribution < -0.4 is 9.64 Å². The summed E-state index contributed by atoms with van der Waals surface area (Å²) in [7, 11) is 3.72. The fourth-order valence-electron chi connectivity index (χ4n) is 1.83. The summed E-state index contributed by atoms with van der Waals surface area (Å²) < 4.78 is 5.39. The second-order valence-corrected chi connectivity index (χ2v) is 5.02. The molecule has 0 saturated carbocycles. The van der Waals surface area contributed by atoms with Gasteiger partial charge in [-0.3, -0.25) is 0 Å². The molecule has 0 unspecified atom stereocenters. The molecule has 0 saturated heterocycles. The van der Waals surface area contributed by atoms with Crippen LogP contribution in [0.25, 0.3) is 0 Å². The van der Waals surface area contributed by atoms with Gasteiger partial charge in [0.2, 0.25) is 0 Å². The Balaban J connectivity index is 3.09. The van der Waals surface area contributed by atoms with Crippen LogP contribution in [0, 0.1) is 6.92 Å². The van der Waals surface area contributed by atoms with E-state index in [0.717, 1.165) is 17.9 Å². The molecule has 0 heterocycles. The molecule has 0 aliphatic rings. The normalized spacial score (nSPS) is 11.4. The summed E-state index contributed by atoms with van der Waals surface area (Å²) in [6.07, 6.45) is 0.723. The minimum atomic E-state index is -0.101. The third-order valence-electron chi connectivity index (χ3n) is 3.33. The Labute approximate surface area is 104 Å². The molecule has 0 aromatic heterocycles. The SMILES string of the molecule is COc1ccc(C)cc1N(C)C(C)(C)CCO. The van der Waals surface area contributed by atoms with Crippen molar-refractivity contribution in [3.8, 4) is 5.75 Å². The molecule has 96 valence electrons. The van der Waals surface area contributed by atoms with Crippen LogP contribution in [0.3, 0.4) is 0 Å². The van der Waals surface area contributed by atoms with Crippen LogP contribution >= 0.6 is 0 Å². The molecule has 0 spiro atoms. The maximum atomic E-state index is 9.12. The van der Waals surface area contributed by atoms with Gasteiger partial charge in [-0.15, -0.1) is 0 Å². The minimum Gasteiger partial charge on any atom is -0.495 e. The van der Waals surface area contributed by atoms with Crippen LogP contribution in [-0.2, 0) is 0 Å². The fraction of sp³-hybridized carbons (Fsp3) is 0.571. The van der Waals surface area contributed by atoms with Crippen molar-refractivity contribution < 1.29 is 9.84 Å². The lowest BCUT2D eigenvalue weighted by atomic mass is 9.98. The molecule has 1 aromatic carbocycles. The average molecular weight is 237 g/mol. The van der Waals surface area contributed by atoms with E-state index in [1.807, 2.05) is 19.2 Å². The second kappa shape index (κ2) is 5.41. The van der Waals surface area contributed by atoms with Gasteiger partial charge in [0.1, 0.15) is 5.75 Å². The molecule has 0 amide bonds. The first-order chi connectivity index (χ1) is 7.92. The van der Waals surface area contributed by atoms with Crippen molar-refractivity contribution in [3.05, 3.63) is 23.8 Å². The predicted molar refractivity (Wildman–Crippen MR) is 71.9 cm³/mol. The van der Waals surface area contributed by atoms with Crippen molar-refractivity contribution >= 4 is 5.69 Å². The van der Waals surface area contributed by atoms with Crippen LogP contribution in [-0.4, -0.2) is 31.4 Å². The van der Waals surface area contributed by atoms with Gasteiger partial charge < -0.3 is 14.7 Å². The van der Waals surface area contributed by atoms with E-state index in [-0.39, 0.29) is 12.1 Å². The van der Waals surface area contributed by atoms with Gasteiger partial charge in [0.25, 0.3) is 0 Å². The zero-order valence-electron chi connectivity index (χ0n) is 11.4. The van der Waals surface area contributed by atoms with Gasteiger partial charge in [0.15, 0.2) is 0 Å². The van der Waals surface area contributed by atoms with Gasteiger partial charge in [-0.1, -0.05) is 6.07 Å². The molecular formula is C14H23NO2. The molecule has 0 radical (unpaired) electrons. The van der Waals surface area contributed by atoms with Crippen molar-refractivity contribution in [1.82, 2.24) is 0 Å². The van der Waals surface area contributed by atoms with Crippen molar-refractivity contribution in [3.63, 3.8) is 0 Å². The average Bonchev–Trinajstić information content (AvgIpc) is 2.28. The lowest BCUT2D eigenvalue weighted by Crippen LogP contribution is -2.42. The molecule has 0 fully saturated rings. The molecule has 1 aromatic rings. The third kappa shape index (κ3) is 3.13. The Morgan fingerprint density at radius 3 is 2.53 bits per heavy atom. The highest BCUT2D eigenvalue weighted by Crippen LogP contribution is 2.33. The van der Waals surface area contributed by atoms with E-state index in [4.69, 9.17) is 9.84 Å². The van der Waals surface area contributed by atoms with Crippen LogP contribution in [0.5, 0.6) is 5.75 Å². The van der Waals surface area contributed by atoms with Crippen molar-refractivity contribution in [2.75, 3.05) is 25.7 Å². The number of ether oxygens (including phenoxy) is 1. The van der Waals surface area contributed by atoms with E-state index in [1.54, 1.807) is 7.11 Å². The van der Waals surface area contributed by atoms with E-state index in [1.165, 1.54) is 5.56 Å². The predicted octanol–water partition coefficient (Wildman–Crippen LogP) is 2.60. The smallest absolute Gasteiger partial charge is 0.142 e. The highest BCUT2D eigenvalue weighted by molar-refractivity contribution is 5.61. The first-order valence-corrected chi connectivity index (χ1v) is 5.91. The number of hydrogen-bond donors (Lipinski definition) is 1. The Morgan fingerprint density at radius 1 is 1.35 bits per heavy atom. The molecule has 3 heteroatoms. The molecule has 1 N–H and O–H groups in total. The molecule has 0 aliphatic heterocycles. The summed E-state index contributed by atoms with van der Waals surface area (Å²) in [6, 6.07) is 6.13. The van der Waals surface area contributed by atoms with E-state index in [2.05, 4.69) is 31.7 Å². The zero-order chi connectivity index (χ0) is 13.1.